The van der Waals surface area contributed by atoms with Gasteiger partial charge in [-0.1, -0.05) is 24.3 Å². The number of esters is 1. The Bertz CT molecular complexity index is 770. The van der Waals surface area contributed by atoms with Gasteiger partial charge in [0.05, 0.1) is 19.8 Å². The van der Waals surface area contributed by atoms with Gasteiger partial charge in [-0.2, -0.15) is 0 Å². The van der Waals surface area contributed by atoms with E-state index in [1.54, 1.807) is 26.3 Å². The van der Waals surface area contributed by atoms with Crippen LogP contribution >= 0.6 is 0 Å². The van der Waals surface area contributed by atoms with Crippen LogP contribution in [-0.2, 0) is 17.8 Å². The van der Waals surface area contributed by atoms with E-state index in [9.17, 15) is 4.79 Å². The Morgan fingerprint density at radius 1 is 1.04 bits per heavy atom. The largest absolute Gasteiger partial charge is 0.496 e. The first-order valence-electron chi connectivity index (χ1n) is 8.32. The molecule has 2 aromatic rings. The molecule has 0 saturated carbocycles. The zero-order valence-electron chi connectivity index (χ0n) is 15.6. The van der Waals surface area contributed by atoms with Gasteiger partial charge in [0.15, 0.2) is 5.96 Å². The van der Waals surface area contributed by atoms with Crippen molar-refractivity contribution in [2.45, 2.75) is 20.0 Å². The van der Waals surface area contributed by atoms with Crippen LogP contribution in [-0.4, -0.2) is 33.2 Å². The molecule has 138 valence electrons. The standard InChI is InChI=1S/C20H25N3O3/c1-14-5-8-17(18(11-14)25-3)13-23-20(21-2)22-12-15-6-9-16(10-7-15)19(24)26-4/h5-11H,12-13H2,1-4H3,(H2,21,22,23). The lowest BCUT2D eigenvalue weighted by Gasteiger charge is -2.14. The fourth-order valence-electron chi connectivity index (χ4n) is 2.46. The topological polar surface area (TPSA) is 72.0 Å². The van der Waals surface area contributed by atoms with E-state index in [1.165, 1.54) is 7.11 Å². The average molecular weight is 355 g/mol. The van der Waals surface area contributed by atoms with Crippen LogP contribution in [0.4, 0.5) is 0 Å². The van der Waals surface area contributed by atoms with Crippen LogP contribution < -0.4 is 15.4 Å². The van der Waals surface area contributed by atoms with Crippen molar-refractivity contribution in [3.63, 3.8) is 0 Å². The number of nitrogens with zero attached hydrogens (tertiary/aromatic N) is 1. The van der Waals surface area contributed by atoms with Crippen molar-refractivity contribution in [1.82, 2.24) is 10.6 Å². The highest BCUT2D eigenvalue weighted by Crippen LogP contribution is 2.19. The Kier molecular flexibility index (Phi) is 7.02. The van der Waals surface area contributed by atoms with Gasteiger partial charge in [0.1, 0.15) is 5.75 Å². The molecule has 0 heterocycles. The van der Waals surface area contributed by atoms with E-state index in [2.05, 4.69) is 21.7 Å². The molecule has 0 fully saturated rings. The lowest BCUT2D eigenvalue weighted by atomic mass is 10.1. The first-order valence-corrected chi connectivity index (χ1v) is 8.32. The van der Waals surface area contributed by atoms with Crippen molar-refractivity contribution in [2.24, 2.45) is 4.99 Å². The van der Waals surface area contributed by atoms with Crippen molar-refractivity contribution in [3.8, 4) is 5.75 Å². The van der Waals surface area contributed by atoms with Gasteiger partial charge in [0.25, 0.3) is 0 Å². The van der Waals surface area contributed by atoms with Crippen molar-refractivity contribution in [1.29, 1.82) is 0 Å². The Hall–Kier alpha value is -3.02. The number of carbonyl (C=O) groups is 1. The zero-order chi connectivity index (χ0) is 18.9. The number of aliphatic imine (C=N–C) groups is 1. The molecule has 0 unspecified atom stereocenters. The summed E-state index contributed by atoms with van der Waals surface area (Å²) in [5.41, 5.74) is 3.78. The molecule has 2 aromatic carbocycles. The van der Waals surface area contributed by atoms with E-state index in [4.69, 9.17) is 9.47 Å². The smallest absolute Gasteiger partial charge is 0.337 e. The maximum absolute atomic E-state index is 11.5. The SMILES string of the molecule is CN=C(NCc1ccc(C(=O)OC)cc1)NCc1ccc(C)cc1OC. The minimum absolute atomic E-state index is 0.339. The minimum atomic E-state index is -0.339. The molecule has 0 aliphatic heterocycles. The van der Waals surface area contributed by atoms with Crippen LogP contribution in [0.2, 0.25) is 0 Å². The quantitative estimate of drug-likeness (QED) is 0.473. The van der Waals surface area contributed by atoms with E-state index in [0.717, 1.165) is 22.4 Å². The van der Waals surface area contributed by atoms with E-state index in [-0.39, 0.29) is 5.97 Å². The number of benzene rings is 2. The van der Waals surface area contributed by atoms with Crippen LogP contribution in [0.3, 0.4) is 0 Å². The third-order valence-electron chi connectivity index (χ3n) is 3.95. The number of methoxy groups -OCH3 is 2. The molecule has 0 atom stereocenters. The first-order chi connectivity index (χ1) is 12.6. The molecule has 26 heavy (non-hydrogen) atoms. The number of hydrogen-bond donors (Lipinski definition) is 2. The molecule has 0 aliphatic carbocycles. The third kappa shape index (κ3) is 5.24. The number of carbonyl (C=O) groups excluding carboxylic acids is 1. The van der Waals surface area contributed by atoms with Gasteiger partial charge in [-0.05, 0) is 36.2 Å². The molecular formula is C20H25N3O3. The summed E-state index contributed by atoms with van der Waals surface area (Å²) in [6.45, 7) is 3.22. The monoisotopic (exact) mass is 355 g/mol. The summed E-state index contributed by atoms with van der Waals surface area (Å²) in [4.78, 5) is 15.7. The molecule has 2 rings (SSSR count). The molecule has 0 amide bonds. The van der Waals surface area contributed by atoms with Crippen LogP contribution in [0.15, 0.2) is 47.5 Å². The normalized spacial score (nSPS) is 11.0. The molecule has 0 bridgehead atoms. The van der Waals surface area contributed by atoms with Crippen molar-refractivity contribution < 1.29 is 14.3 Å². The van der Waals surface area contributed by atoms with Crippen LogP contribution in [0, 0.1) is 6.92 Å². The summed E-state index contributed by atoms with van der Waals surface area (Å²) < 4.78 is 10.1. The maximum atomic E-state index is 11.5. The van der Waals surface area contributed by atoms with E-state index in [0.29, 0.717) is 24.6 Å². The van der Waals surface area contributed by atoms with Crippen molar-refractivity contribution in [2.75, 3.05) is 21.3 Å². The Morgan fingerprint density at radius 3 is 2.35 bits per heavy atom. The summed E-state index contributed by atoms with van der Waals surface area (Å²) in [5.74, 6) is 1.20. The third-order valence-corrected chi connectivity index (χ3v) is 3.95. The van der Waals surface area contributed by atoms with E-state index in [1.807, 2.05) is 31.2 Å². The number of guanidine groups is 1. The molecule has 0 aliphatic rings. The maximum Gasteiger partial charge on any atom is 0.337 e. The fraction of sp³-hybridized carbons (Fsp3) is 0.300. The predicted molar refractivity (Wildman–Crippen MR) is 103 cm³/mol. The molecule has 2 N–H and O–H groups in total. The number of ether oxygens (including phenoxy) is 2. The molecule has 0 saturated heterocycles. The second-order valence-corrected chi connectivity index (χ2v) is 5.78. The van der Waals surface area contributed by atoms with Gasteiger partial charge in [-0.25, -0.2) is 4.79 Å². The van der Waals surface area contributed by atoms with Crippen LogP contribution in [0.25, 0.3) is 0 Å². The van der Waals surface area contributed by atoms with Crippen molar-refractivity contribution in [3.05, 3.63) is 64.7 Å². The molecule has 0 radical (unpaired) electrons. The lowest BCUT2D eigenvalue weighted by molar-refractivity contribution is 0.0600. The fourth-order valence-corrected chi connectivity index (χ4v) is 2.46. The minimum Gasteiger partial charge on any atom is -0.496 e. The Balaban J connectivity index is 1.91. The molecule has 0 aromatic heterocycles. The summed E-state index contributed by atoms with van der Waals surface area (Å²) in [6, 6.07) is 13.4. The molecule has 6 nitrogen and oxygen atoms in total. The highest BCUT2D eigenvalue weighted by atomic mass is 16.5. The highest BCUT2D eigenvalue weighted by molar-refractivity contribution is 5.89. The number of aryl methyl sites for hydroxylation is 1. The second-order valence-electron chi connectivity index (χ2n) is 5.78. The van der Waals surface area contributed by atoms with Crippen molar-refractivity contribution >= 4 is 11.9 Å². The molecule has 0 spiro atoms. The molecular weight excluding hydrogens is 330 g/mol. The van der Waals surface area contributed by atoms with E-state index < -0.39 is 0 Å². The average Bonchev–Trinajstić information content (AvgIpc) is 2.68. The van der Waals surface area contributed by atoms with Gasteiger partial charge in [-0.3, -0.25) is 4.99 Å². The van der Waals surface area contributed by atoms with Crippen LogP contribution in [0.1, 0.15) is 27.0 Å². The Labute approximate surface area is 154 Å². The van der Waals surface area contributed by atoms with Gasteiger partial charge in [0, 0.05) is 25.7 Å². The van der Waals surface area contributed by atoms with Gasteiger partial charge in [-0.15, -0.1) is 0 Å². The van der Waals surface area contributed by atoms with E-state index >= 15 is 0 Å². The lowest BCUT2D eigenvalue weighted by Crippen LogP contribution is -2.36. The Morgan fingerprint density at radius 2 is 1.73 bits per heavy atom. The zero-order valence-corrected chi connectivity index (χ0v) is 15.6. The summed E-state index contributed by atoms with van der Waals surface area (Å²) in [6.07, 6.45) is 0. The summed E-state index contributed by atoms with van der Waals surface area (Å²) in [7, 11) is 4.77. The highest BCUT2D eigenvalue weighted by Gasteiger charge is 2.06. The van der Waals surface area contributed by atoms with Gasteiger partial charge < -0.3 is 20.1 Å². The van der Waals surface area contributed by atoms with Gasteiger partial charge in [0.2, 0.25) is 0 Å². The van der Waals surface area contributed by atoms with Gasteiger partial charge >= 0.3 is 5.97 Å². The number of hydrogen-bond acceptors (Lipinski definition) is 4. The predicted octanol–water partition coefficient (Wildman–Crippen LogP) is 2.66. The summed E-state index contributed by atoms with van der Waals surface area (Å²) in [5, 5.41) is 6.52. The second kappa shape index (κ2) is 9.46. The number of nitrogens with one attached hydrogen (secondary N) is 2. The number of rotatable bonds is 6. The summed E-state index contributed by atoms with van der Waals surface area (Å²) >= 11 is 0. The van der Waals surface area contributed by atoms with Crippen LogP contribution in [0.5, 0.6) is 5.75 Å². The first kappa shape index (κ1) is 19.3. The molecule has 6 heteroatoms.